The van der Waals surface area contributed by atoms with Crippen molar-refractivity contribution in [2.45, 2.75) is 37.7 Å². The summed E-state index contributed by atoms with van der Waals surface area (Å²) in [6, 6.07) is 0.653. The summed E-state index contributed by atoms with van der Waals surface area (Å²) in [5, 5.41) is 0. The molecule has 0 spiro atoms. The minimum atomic E-state index is -4.76. The van der Waals surface area contributed by atoms with Crippen LogP contribution in [0.4, 0.5) is 38.0 Å². The topological polar surface area (TPSA) is 94.7 Å². The lowest BCUT2D eigenvalue weighted by atomic mass is 10.2. The number of aromatic nitrogens is 3. The Morgan fingerprint density at radius 2 is 1.71 bits per heavy atom. The molecule has 9 nitrogen and oxygen atoms in total. The van der Waals surface area contributed by atoms with E-state index in [4.69, 9.17) is 4.74 Å². The van der Waals surface area contributed by atoms with E-state index in [0.717, 1.165) is 24.9 Å². The highest BCUT2D eigenvalue weighted by Crippen LogP contribution is 2.31. The van der Waals surface area contributed by atoms with Crippen LogP contribution in [0.5, 0.6) is 0 Å². The van der Waals surface area contributed by atoms with Crippen molar-refractivity contribution in [3.63, 3.8) is 0 Å². The minimum absolute atomic E-state index is 0.111. The Balaban J connectivity index is 1.21. The third-order valence-corrected chi connectivity index (χ3v) is 6.55. The average molecular weight is 548 g/mol. The summed E-state index contributed by atoms with van der Waals surface area (Å²) in [6.07, 6.45) is -4.99. The number of ether oxygens (including phenoxy) is 1. The Bertz CT molecular complexity index is 1160. The number of hydrogen-bond acceptors (Lipinski definition) is 7. The van der Waals surface area contributed by atoms with E-state index in [1.165, 1.54) is 6.20 Å². The average Bonchev–Trinajstić information content (AvgIpc) is 3.34. The van der Waals surface area contributed by atoms with Crippen molar-refractivity contribution in [2.75, 3.05) is 55.7 Å². The second-order valence-electron chi connectivity index (χ2n) is 9.05. The third-order valence-electron chi connectivity index (χ3n) is 6.55. The number of hydrogen-bond donors (Lipinski definition) is 1. The molecule has 2 aliphatic rings. The lowest BCUT2D eigenvalue weighted by molar-refractivity contribution is -0.139. The zero-order valence-electron chi connectivity index (χ0n) is 20.2. The molecule has 208 valence electrons. The number of alkyl halides is 6. The summed E-state index contributed by atoms with van der Waals surface area (Å²) in [4.78, 5) is 38.9. The number of H-pyrrole nitrogens is 1. The van der Waals surface area contributed by atoms with Gasteiger partial charge in [0.1, 0.15) is 5.56 Å². The van der Waals surface area contributed by atoms with Gasteiger partial charge in [0.25, 0.3) is 5.56 Å². The number of halogens is 6. The van der Waals surface area contributed by atoms with Gasteiger partial charge >= 0.3 is 12.4 Å². The fraction of sp³-hybridized carbons (Fsp3) is 0.565. The van der Waals surface area contributed by atoms with Crippen LogP contribution in [-0.2, 0) is 21.9 Å². The Morgan fingerprint density at radius 3 is 2.34 bits per heavy atom. The molecule has 0 saturated carbocycles. The fourth-order valence-corrected chi connectivity index (χ4v) is 4.52. The van der Waals surface area contributed by atoms with E-state index in [-0.39, 0.29) is 43.2 Å². The molecule has 4 heterocycles. The molecule has 0 unspecified atom stereocenters. The molecule has 1 amide bonds. The summed E-state index contributed by atoms with van der Waals surface area (Å²) >= 11 is 0. The summed E-state index contributed by atoms with van der Waals surface area (Å²) in [5.41, 5.74) is -3.12. The SMILES string of the molecule is O=C(CCOC[C@@H]1CCCN1c1c[nH]c(=O)c(C(F)(F)F)c1)N1CCN(c2ncc(C(F)(F)F)cn2)CC1. The van der Waals surface area contributed by atoms with E-state index in [1.807, 2.05) is 0 Å². The van der Waals surface area contributed by atoms with Gasteiger partial charge < -0.3 is 24.4 Å². The van der Waals surface area contributed by atoms with Crippen molar-refractivity contribution in [2.24, 2.45) is 0 Å². The molecule has 0 bridgehead atoms. The number of carbonyl (C=O) groups excluding carboxylic acids is 1. The van der Waals surface area contributed by atoms with Crippen LogP contribution in [-0.4, -0.2) is 77.7 Å². The molecule has 0 aliphatic carbocycles. The van der Waals surface area contributed by atoms with Crippen molar-refractivity contribution < 1.29 is 35.9 Å². The first-order chi connectivity index (χ1) is 17.9. The number of amides is 1. The smallest absolute Gasteiger partial charge is 0.379 e. The molecule has 2 saturated heterocycles. The molecular weight excluding hydrogens is 522 g/mol. The summed E-state index contributed by atoms with van der Waals surface area (Å²) < 4.78 is 83.0. The highest BCUT2D eigenvalue weighted by molar-refractivity contribution is 5.76. The molecule has 2 aromatic heterocycles. The zero-order valence-corrected chi connectivity index (χ0v) is 20.2. The maximum Gasteiger partial charge on any atom is 0.421 e. The van der Waals surface area contributed by atoms with E-state index in [2.05, 4.69) is 15.0 Å². The van der Waals surface area contributed by atoms with Gasteiger partial charge in [-0.15, -0.1) is 0 Å². The van der Waals surface area contributed by atoms with Gasteiger partial charge in [-0.05, 0) is 18.9 Å². The maximum absolute atomic E-state index is 13.1. The third kappa shape index (κ3) is 6.55. The van der Waals surface area contributed by atoms with E-state index in [0.29, 0.717) is 39.1 Å². The lowest BCUT2D eigenvalue weighted by Crippen LogP contribution is -2.49. The van der Waals surface area contributed by atoms with Gasteiger partial charge in [0.15, 0.2) is 0 Å². The molecule has 1 atom stereocenters. The lowest BCUT2D eigenvalue weighted by Gasteiger charge is -2.34. The van der Waals surface area contributed by atoms with Crippen LogP contribution in [0.25, 0.3) is 0 Å². The van der Waals surface area contributed by atoms with Crippen molar-refractivity contribution in [3.8, 4) is 0 Å². The number of aromatic amines is 1. The highest BCUT2D eigenvalue weighted by atomic mass is 19.4. The first-order valence-corrected chi connectivity index (χ1v) is 12.0. The zero-order chi connectivity index (χ0) is 27.5. The van der Waals surface area contributed by atoms with Crippen molar-refractivity contribution in [1.82, 2.24) is 19.9 Å². The number of pyridine rings is 1. The standard InChI is InChI=1S/C23H26F6N6O3/c24-22(25,26)15-11-31-21(32-12-15)34-7-5-33(6-8-34)19(36)3-9-38-14-16-2-1-4-35(16)17-10-18(23(27,28)29)20(37)30-13-17/h10-13,16H,1-9,14H2,(H,30,37)/t16-/m0/s1. The monoisotopic (exact) mass is 548 g/mol. The molecule has 2 fully saturated rings. The number of nitrogens with zero attached hydrogens (tertiary/aromatic N) is 5. The molecule has 2 aliphatic heterocycles. The van der Waals surface area contributed by atoms with Gasteiger partial charge in [-0.25, -0.2) is 9.97 Å². The molecule has 0 aromatic carbocycles. The van der Waals surface area contributed by atoms with Gasteiger partial charge in [0.05, 0.1) is 36.9 Å². The summed E-state index contributed by atoms with van der Waals surface area (Å²) in [6.45, 7) is 2.31. The number of carbonyl (C=O) groups is 1. The molecule has 38 heavy (non-hydrogen) atoms. The van der Waals surface area contributed by atoms with Crippen LogP contribution in [0.1, 0.15) is 30.4 Å². The van der Waals surface area contributed by atoms with E-state index in [9.17, 15) is 35.9 Å². The van der Waals surface area contributed by atoms with Crippen molar-refractivity contribution in [3.05, 3.63) is 46.1 Å². The van der Waals surface area contributed by atoms with E-state index < -0.39 is 29.0 Å². The van der Waals surface area contributed by atoms with Crippen LogP contribution >= 0.6 is 0 Å². The first-order valence-electron chi connectivity index (χ1n) is 12.0. The number of nitrogens with one attached hydrogen (secondary N) is 1. The van der Waals surface area contributed by atoms with E-state index in [1.54, 1.807) is 14.7 Å². The molecule has 2 aromatic rings. The second kappa shape index (κ2) is 11.2. The maximum atomic E-state index is 13.1. The molecule has 15 heteroatoms. The van der Waals surface area contributed by atoms with Crippen LogP contribution < -0.4 is 15.4 Å². The van der Waals surface area contributed by atoms with Crippen LogP contribution in [0.2, 0.25) is 0 Å². The normalized spacial score (nSPS) is 18.8. The minimum Gasteiger partial charge on any atom is -0.379 e. The Morgan fingerprint density at radius 1 is 1.03 bits per heavy atom. The van der Waals surface area contributed by atoms with Crippen LogP contribution in [0.15, 0.2) is 29.5 Å². The fourth-order valence-electron chi connectivity index (χ4n) is 4.52. The second-order valence-corrected chi connectivity index (χ2v) is 9.05. The number of rotatable bonds is 7. The molecular formula is C23H26F6N6O3. The number of piperazine rings is 1. The molecule has 4 rings (SSSR count). The quantitative estimate of drug-likeness (QED) is 0.420. The Labute approximate surface area is 213 Å². The van der Waals surface area contributed by atoms with Crippen LogP contribution in [0.3, 0.4) is 0 Å². The molecule has 1 N–H and O–H groups in total. The number of anilines is 2. The summed E-state index contributed by atoms with van der Waals surface area (Å²) in [5.74, 6) is 0.0242. The highest BCUT2D eigenvalue weighted by Gasteiger charge is 2.36. The van der Waals surface area contributed by atoms with Gasteiger partial charge in [-0.1, -0.05) is 0 Å². The first kappa shape index (κ1) is 27.7. The largest absolute Gasteiger partial charge is 0.421 e. The van der Waals surface area contributed by atoms with E-state index >= 15 is 0 Å². The van der Waals surface area contributed by atoms with Gasteiger partial charge in [0, 0.05) is 51.3 Å². The predicted molar refractivity (Wildman–Crippen MR) is 124 cm³/mol. The Kier molecular flexibility index (Phi) is 8.13. The summed E-state index contributed by atoms with van der Waals surface area (Å²) in [7, 11) is 0. The van der Waals surface area contributed by atoms with Gasteiger partial charge in [-0.3, -0.25) is 9.59 Å². The van der Waals surface area contributed by atoms with Gasteiger partial charge in [0.2, 0.25) is 11.9 Å². The Hall–Kier alpha value is -3.36. The predicted octanol–water partition coefficient (Wildman–Crippen LogP) is 2.93. The van der Waals surface area contributed by atoms with Crippen LogP contribution in [0, 0.1) is 0 Å². The van der Waals surface area contributed by atoms with Crippen molar-refractivity contribution >= 4 is 17.5 Å². The van der Waals surface area contributed by atoms with Gasteiger partial charge in [-0.2, -0.15) is 26.3 Å². The molecule has 0 radical (unpaired) electrons. The van der Waals surface area contributed by atoms with Crippen molar-refractivity contribution in [1.29, 1.82) is 0 Å².